The van der Waals surface area contributed by atoms with Crippen LogP contribution in [0.2, 0.25) is 0 Å². The number of rotatable bonds is 3. The Kier molecular flexibility index (Phi) is 4.17. The van der Waals surface area contributed by atoms with E-state index in [1.165, 1.54) is 16.9 Å². The van der Waals surface area contributed by atoms with E-state index in [1.54, 1.807) is 6.20 Å². The predicted octanol–water partition coefficient (Wildman–Crippen LogP) is 2.08. The number of fused-ring (bicyclic) bond motifs is 1. The van der Waals surface area contributed by atoms with Gasteiger partial charge < -0.3 is 15.5 Å². The van der Waals surface area contributed by atoms with E-state index in [2.05, 4.69) is 39.6 Å². The van der Waals surface area contributed by atoms with Crippen molar-refractivity contribution in [1.82, 2.24) is 10.3 Å². The van der Waals surface area contributed by atoms with Gasteiger partial charge in [-0.25, -0.2) is 4.98 Å². The van der Waals surface area contributed by atoms with Gasteiger partial charge in [-0.05, 0) is 18.6 Å². The van der Waals surface area contributed by atoms with E-state index in [0.717, 1.165) is 18.8 Å². The molecule has 0 spiro atoms. The van der Waals surface area contributed by atoms with Crippen molar-refractivity contribution in [2.24, 2.45) is 0 Å². The largest absolute Gasteiger partial charge is 0.360 e. The molecule has 0 aliphatic carbocycles. The molecule has 6 heteroatoms. The number of hydrogen-bond donors (Lipinski definition) is 2. The highest BCUT2D eigenvalue weighted by Crippen LogP contribution is 2.23. The molecule has 1 aliphatic heterocycles. The summed E-state index contributed by atoms with van der Waals surface area (Å²) in [5.74, 6) is -0.0335. The smallest absolute Gasteiger partial charge is 0.245 e. The number of aromatic nitrogens is 1. The van der Waals surface area contributed by atoms with Gasteiger partial charge in [0.05, 0.1) is 6.54 Å². The molecule has 0 saturated carbocycles. The number of carbonyl (C=O) groups is 1. The highest BCUT2D eigenvalue weighted by molar-refractivity contribution is 7.13. The Morgan fingerprint density at radius 3 is 3.19 bits per heavy atom. The van der Waals surface area contributed by atoms with Gasteiger partial charge in [0.1, 0.15) is 0 Å². The topological polar surface area (TPSA) is 57.3 Å². The fraction of sp³-hybridized carbons (Fsp3) is 0.333. The summed E-state index contributed by atoms with van der Waals surface area (Å²) in [5.41, 5.74) is 2.35. The number of hydrogen-bond acceptors (Lipinski definition) is 5. The summed E-state index contributed by atoms with van der Waals surface area (Å²) < 4.78 is 0. The first-order valence-corrected chi connectivity index (χ1v) is 7.86. The van der Waals surface area contributed by atoms with E-state index in [1.807, 2.05) is 17.5 Å². The summed E-state index contributed by atoms with van der Waals surface area (Å²) >= 11 is 1.43. The van der Waals surface area contributed by atoms with Gasteiger partial charge >= 0.3 is 0 Å². The zero-order chi connectivity index (χ0) is 14.7. The van der Waals surface area contributed by atoms with Crippen LogP contribution in [0.5, 0.6) is 0 Å². The number of para-hydroxylation sites is 1. The number of nitrogens with one attached hydrogen (secondary N) is 2. The quantitative estimate of drug-likeness (QED) is 0.911. The Bertz CT molecular complexity index is 614. The Balaban J connectivity index is 1.75. The fourth-order valence-electron chi connectivity index (χ4n) is 2.51. The third kappa shape index (κ3) is 3.40. The maximum atomic E-state index is 12.2. The lowest BCUT2D eigenvalue weighted by Crippen LogP contribution is -2.40. The van der Waals surface area contributed by atoms with E-state index < -0.39 is 0 Å². The molecule has 0 fully saturated rings. The molecule has 5 nitrogen and oxygen atoms in total. The minimum absolute atomic E-state index is 0.0335. The Hall–Kier alpha value is -1.92. The summed E-state index contributed by atoms with van der Waals surface area (Å²) in [5, 5.41) is 8.80. The number of amides is 1. The molecule has 1 atom stereocenters. The highest BCUT2D eigenvalue weighted by Gasteiger charge is 2.20. The monoisotopic (exact) mass is 302 g/mol. The molecule has 1 amide bonds. The maximum Gasteiger partial charge on any atom is 0.245 e. The molecule has 1 aromatic heterocycles. The minimum Gasteiger partial charge on any atom is -0.360 e. The van der Waals surface area contributed by atoms with Crippen molar-refractivity contribution in [3.8, 4) is 0 Å². The van der Waals surface area contributed by atoms with Crippen LogP contribution in [-0.4, -0.2) is 30.0 Å². The molecular weight excluding hydrogens is 284 g/mol. The molecule has 2 heterocycles. The average molecular weight is 302 g/mol. The van der Waals surface area contributed by atoms with Crippen LogP contribution in [0.15, 0.2) is 35.8 Å². The summed E-state index contributed by atoms with van der Waals surface area (Å²) in [6, 6.07) is 8.56. The molecule has 110 valence electrons. The first kappa shape index (κ1) is 14.0. The number of anilines is 2. The summed E-state index contributed by atoms with van der Waals surface area (Å²) in [6.07, 6.45) is 1.69. The molecule has 21 heavy (non-hydrogen) atoms. The third-order valence-electron chi connectivity index (χ3n) is 3.48. The molecule has 2 N–H and O–H groups in total. The van der Waals surface area contributed by atoms with Gasteiger partial charge in [0, 0.05) is 36.4 Å². The van der Waals surface area contributed by atoms with Gasteiger partial charge in [0.25, 0.3) is 0 Å². The fourth-order valence-corrected chi connectivity index (χ4v) is 3.06. The van der Waals surface area contributed by atoms with Crippen molar-refractivity contribution in [3.05, 3.63) is 41.4 Å². The lowest BCUT2D eigenvalue weighted by atomic mass is 10.1. The lowest BCUT2D eigenvalue weighted by Gasteiger charge is -2.25. The summed E-state index contributed by atoms with van der Waals surface area (Å²) in [7, 11) is 0. The van der Waals surface area contributed by atoms with Crippen molar-refractivity contribution < 1.29 is 4.79 Å². The van der Waals surface area contributed by atoms with Gasteiger partial charge in [-0.15, -0.1) is 11.3 Å². The summed E-state index contributed by atoms with van der Waals surface area (Å²) in [4.78, 5) is 18.4. The predicted molar refractivity (Wildman–Crippen MR) is 85.7 cm³/mol. The second-order valence-electron chi connectivity index (χ2n) is 5.18. The molecule has 1 aliphatic rings. The molecule has 0 bridgehead atoms. The zero-order valence-corrected chi connectivity index (χ0v) is 12.7. The van der Waals surface area contributed by atoms with Gasteiger partial charge in [0.2, 0.25) is 5.91 Å². The van der Waals surface area contributed by atoms with Crippen molar-refractivity contribution in [1.29, 1.82) is 0 Å². The molecule has 0 radical (unpaired) electrons. The van der Waals surface area contributed by atoms with Crippen LogP contribution in [-0.2, 0) is 11.3 Å². The molecular formula is C15H18N4OS. The minimum atomic E-state index is -0.0335. The van der Waals surface area contributed by atoms with Gasteiger partial charge in [0.15, 0.2) is 5.13 Å². The van der Waals surface area contributed by atoms with E-state index in [9.17, 15) is 4.79 Å². The second kappa shape index (κ2) is 6.24. The van der Waals surface area contributed by atoms with Crippen LogP contribution < -0.4 is 15.5 Å². The maximum absolute atomic E-state index is 12.2. The number of thiazole rings is 1. The van der Waals surface area contributed by atoms with Crippen molar-refractivity contribution >= 4 is 28.1 Å². The summed E-state index contributed by atoms with van der Waals surface area (Å²) in [6.45, 7) is 4.12. The second-order valence-corrected chi connectivity index (χ2v) is 6.07. The number of carbonyl (C=O) groups excluding carboxylic acids is 1. The van der Waals surface area contributed by atoms with Gasteiger partial charge in [-0.1, -0.05) is 18.2 Å². The number of nitrogens with zero attached hydrogens (tertiary/aromatic N) is 2. The number of benzene rings is 1. The van der Waals surface area contributed by atoms with Gasteiger partial charge in [-0.2, -0.15) is 0 Å². The lowest BCUT2D eigenvalue weighted by molar-refractivity contribution is -0.115. The van der Waals surface area contributed by atoms with Crippen LogP contribution in [0.3, 0.4) is 0 Å². The van der Waals surface area contributed by atoms with Crippen LogP contribution in [0, 0.1) is 0 Å². The Labute approximate surface area is 128 Å². The Morgan fingerprint density at radius 1 is 1.52 bits per heavy atom. The average Bonchev–Trinajstić information content (AvgIpc) is 2.92. The van der Waals surface area contributed by atoms with Crippen LogP contribution >= 0.6 is 11.3 Å². The van der Waals surface area contributed by atoms with Gasteiger partial charge in [-0.3, -0.25) is 4.79 Å². The van der Waals surface area contributed by atoms with E-state index in [4.69, 9.17) is 0 Å². The molecule has 0 saturated heterocycles. The standard InChI is InChI=1S/C15H18N4OS/c1-11-9-19(10-14(20)18-15-16-6-7-21-15)13-5-3-2-4-12(13)8-17-11/h2-7,11,17H,8-10H2,1H3,(H,16,18,20). The first-order chi connectivity index (χ1) is 10.2. The third-order valence-corrected chi connectivity index (χ3v) is 4.17. The molecule has 3 rings (SSSR count). The molecule has 1 unspecified atom stereocenters. The zero-order valence-electron chi connectivity index (χ0n) is 11.9. The van der Waals surface area contributed by atoms with E-state index in [0.29, 0.717) is 17.7 Å². The van der Waals surface area contributed by atoms with Crippen molar-refractivity contribution in [2.75, 3.05) is 23.3 Å². The van der Waals surface area contributed by atoms with Crippen LogP contribution in [0.25, 0.3) is 0 Å². The normalized spacial score (nSPS) is 18.0. The molecule has 2 aromatic rings. The van der Waals surface area contributed by atoms with E-state index >= 15 is 0 Å². The van der Waals surface area contributed by atoms with Crippen LogP contribution in [0.4, 0.5) is 10.8 Å². The van der Waals surface area contributed by atoms with Crippen molar-refractivity contribution in [2.45, 2.75) is 19.5 Å². The first-order valence-electron chi connectivity index (χ1n) is 6.98. The molecule has 1 aromatic carbocycles. The van der Waals surface area contributed by atoms with E-state index in [-0.39, 0.29) is 5.91 Å². The SMILES string of the molecule is CC1CN(CC(=O)Nc2nccs2)c2ccccc2CN1. The Morgan fingerprint density at radius 2 is 2.38 bits per heavy atom. The van der Waals surface area contributed by atoms with Crippen LogP contribution in [0.1, 0.15) is 12.5 Å². The van der Waals surface area contributed by atoms with Crippen molar-refractivity contribution in [3.63, 3.8) is 0 Å². The highest BCUT2D eigenvalue weighted by atomic mass is 32.1.